The summed E-state index contributed by atoms with van der Waals surface area (Å²) in [5.41, 5.74) is 2.39. The van der Waals surface area contributed by atoms with E-state index in [4.69, 9.17) is 23.3 Å². The van der Waals surface area contributed by atoms with Crippen molar-refractivity contribution in [2.24, 2.45) is 17.8 Å². The van der Waals surface area contributed by atoms with Crippen LogP contribution in [0.25, 0.3) is 6.08 Å². The lowest BCUT2D eigenvalue weighted by molar-refractivity contribution is -0.214. The highest BCUT2D eigenvalue weighted by Gasteiger charge is 2.49. The van der Waals surface area contributed by atoms with Gasteiger partial charge in [-0.1, -0.05) is 102 Å². The first-order valence-corrected chi connectivity index (χ1v) is 24.7. The number of carbonyl (C=O) groups is 1. The summed E-state index contributed by atoms with van der Waals surface area (Å²) >= 11 is 0. The third-order valence-electron chi connectivity index (χ3n) is 12.8. The van der Waals surface area contributed by atoms with Crippen LogP contribution in [0.4, 0.5) is 4.79 Å². The van der Waals surface area contributed by atoms with Crippen LogP contribution < -0.4 is 16.6 Å². The molecule has 2 unspecified atom stereocenters. The van der Waals surface area contributed by atoms with Crippen molar-refractivity contribution >= 4 is 20.7 Å². The Morgan fingerprint density at radius 2 is 1.55 bits per heavy atom. The highest BCUT2D eigenvalue weighted by Crippen LogP contribution is 2.54. The highest BCUT2D eigenvalue weighted by molar-refractivity contribution is 7.44. The minimum absolute atomic E-state index is 0.0130. The SMILES string of the molecule is Cc1ccc(C(O[C@H]2O[C@@H](n3cc(/C=C/CNC(=O)OCCC4[C@H]5CCC#CCC[C@@H]45)c(=O)[nH]c3=O)C[C@H]2OP(OCCC#N)N(C(C)C)C(C)C)(c2ccccc2)c2ccc(C)cc2)cc1. The monoisotopic (exact) mass is 929 g/mol. The number of alkyl carbamates (subject to hydrolysis) is 1. The van der Waals surface area contributed by atoms with Crippen LogP contribution in [0.5, 0.6) is 0 Å². The number of nitrogens with zero attached hydrogens (tertiary/aromatic N) is 3. The van der Waals surface area contributed by atoms with Crippen molar-refractivity contribution in [2.45, 2.75) is 123 Å². The molecule has 354 valence electrons. The number of rotatable bonds is 20. The van der Waals surface area contributed by atoms with E-state index in [2.05, 4.69) is 84.8 Å². The molecule has 0 spiro atoms. The Balaban J connectivity index is 1.17. The largest absolute Gasteiger partial charge is 0.450 e. The molecule has 4 aromatic rings. The Morgan fingerprint density at radius 1 is 0.940 bits per heavy atom. The minimum atomic E-state index is -1.78. The predicted molar refractivity (Wildman–Crippen MR) is 259 cm³/mol. The molecule has 7 atom stereocenters. The summed E-state index contributed by atoms with van der Waals surface area (Å²) in [6.07, 6.45) is 6.52. The summed E-state index contributed by atoms with van der Waals surface area (Å²) in [5.74, 6) is 8.42. The average Bonchev–Trinajstić information content (AvgIpc) is 3.77. The lowest BCUT2D eigenvalue weighted by Crippen LogP contribution is -2.42. The number of H-pyrrole nitrogens is 1. The first kappa shape index (κ1) is 49.5. The molecule has 1 saturated heterocycles. The van der Waals surface area contributed by atoms with E-state index in [9.17, 15) is 19.6 Å². The van der Waals surface area contributed by atoms with Crippen molar-refractivity contribution < 1.29 is 28.1 Å². The molecule has 2 N–H and O–H groups in total. The molecule has 7 rings (SSSR count). The van der Waals surface area contributed by atoms with Gasteiger partial charge >= 0.3 is 11.8 Å². The number of nitrogens with one attached hydrogen (secondary N) is 2. The summed E-state index contributed by atoms with van der Waals surface area (Å²) in [7, 11) is -1.78. The first-order valence-electron chi connectivity index (χ1n) is 23.6. The summed E-state index contributed by atoms with van der Waals surface area (Å²) in [5, 5.41) is 12.2. The van der Waals surface area contributed by atoms with Gasteiger partial charge in [-0.05, 0) is 95.2 Å². The molecule has 1 aromatic heterocycles. The maximum Gasteiger partial charge on any atom is 0.407 e. The number of hydrogen-bond donors (Lipinski definition) is 2. The molecule has 13 nitrogen and oxygen atoms in total. The Kier molecular flexibility index (Phi) is 17.1. The fourth-order valence-corrected chi connectivity index (χ4v) is 11.2. The van der Waals surface area contributed by atoms with E-state index in [0.29, 0.717) is 24.4 Å². The van der Waals surface area contributed by atoms with Crippen molar-refractivity contribution in [3.63, 3.8) is 0 Å². The molecule has 2 aliphatic carbocycles. The smallest absolute Gasteiger partial charge is 0.407 e. The number of benzene rings is 3. The molecule has 2 heterocycles. The molecule has 3 aromatic carbocycles. The van der Waals surface area contributed by atoms with Gasteiger partial charge in [0, 0.05) is 44.1 Å². The van der Waals surface area contributed by atoms with Crippen LogP contribution in [0, 0.1) is 54.8 Å². The molecule has 0 bridgehead atoms. The van der Waals surface area contributed by atoms with E-state index in [1.165, 1.54) is 10.8 Å². The standard InChI is InChI=1S/C53H64N5O8P/c1-36(2)58(37(3)4)67(63-32-15-30-54)66-47-34-48(64-50(47)65-53(41-17-10-9-11-18-41,42-25-21-38(5)22-26-42)43-27-23-39(6)24-28-43)57-35-40(49(59)56-51(57)60)16-14-31-55-52(61)62-33-29-46-44-19-12-7-8-13-20-45(44)46/h9-11,14,16-18,21-28,35-37,44-48,50H,12-13,15,19-20,29,31-34H2,1-6H3,(H,55,61)(H,56,59,60)/b16-14+/t44-,45+,46?,47-,48-,50-,67?/m1/s1. The lowest BCUT2D eigenvalue weighted by Gasteiger charge is -2.40. The average molecular weight is 930 g/mol. The second-order valence-corrected chi connectivity index (χ2v) is 19.6. The fraction of sp³-hybridized carbons (Fsp3) is 0.472. The normalized spacial score (nSPS) is 21.9. The number of aromatic nitrogens is 2. The van der Waals surface area contributed by atoms with Crippen LogP contribution in [-0.2, 0) is 28.9 Å². The Hall–Kier alpha value is -5.37. The van der Waals surface area contributed by atoms with Gasteiger partial charge in [0.25, 0.3) is 14.1 Å². The number of amides is 1. The lowest BCUT2D eigenvalue weighted by atomic mass is 9.79. The molecule has 14 heteroatoms. The summed E-state index contributed by atoms with van der Waals surface area (Å²) in [6.45, 7) is 12.9. The molecule has 1 amide bonds. The van der Waals surface area contributed by atoms with E-state index in [0.717, 1.165) is 59.9 Å². The highest BCUT2D eigenvalue weighted by atomic mass is 31.2. The zero-order valence-corrected chi connectivity index (χ0v) is 40.4. The maximum absolute atomic E-state index is 13.8. The van der Waals surface area contributed by atoms with Gasteiger partial charge in [0.1, 0.15) is 17.9 Å². The van der Waals surface area contributed by atoms with Crippen LogP contribution in [0.3, 0.4) is 0 Å². The van der Waals surface area contributed by atoms with Crippen LogP contribution in [-0.4, -0.2) is 64.6 Å². The topological polar surface area (TPSA) is 157 Å². The first-order chi connectivity index (χ1) is 32.4. The van der Waals surface area contributed by atoms with Gasteiger partial charge < -0.3 is 28.6 Å². The minimum Gasteiger partial charge on any atom is -0.450 e. The van der Waals surface area contributed by atoms with Gasteiger partial charge in [-0.25, -0.2) is 14.3 Å². The Bertz CT molecular complexity index is 2450. The molecular formula is C53H64N5O8P. The Morgan fingerprint density at radius 3 is 2.15 bits per heavy atom. The maximum atomic E-state index is 13.8. The van der Waals surface area contributed by atoms with E-state index in [-0.39, 0.29) is 43.6 Å². The van der Waals surface area contributed by atoms with Gasteiger partial charge in [0.2, 0.25) is 0 Å². The number of ether oxygens (including phenoxy) is 3. The molecule has 0 radical (unpaired) electrons. The number of aromatic amines is 1. The summed E-state index contributed by atoms with van der Waals surface area (Å²) < 4.78 is 36.7. The zero-order chi connectivity index (χ0) is 47.5. The molecule has 1 saturated carbocycles. The van der Waals surface area contributed by atoms with Gasteiger partial charge in [-0.3, -0.25) is 14.3 Å². The van der Waals surface area contributed by atoms with Crippen molar-refractivity contribution in [1.82, 2.24) is 19.5 Å². The number of carbonyl (C=O) groups excluding carboxylic acids is 1. The fourth-order valence-electron chi connectivity index (χ4n) is 9.49. The second kappa shape index (κ2) is 23.1. The molecule has 1 aliphatic heterocycles. The van der Waals surface area contributed by atoms with Crippen molar-refractivity contribution in [3.8, 4) is 17.9 Å². The van der Waals surface area contributed by atoms with Gasteiger partial charge in [0.05, 0.1) is 31.3 Å². The number of nitriles is 1. The summed E-state index contributed by atoms with van der Waals surface area (Å²) in [4.78, 5) is 42.0. The zero-order valence-electron chi connectivity index (χ0n) is 39.5. The third kappa shape index (κ3) is 12.2. The number of fused-ring (bicyclic) bond motifs is 1. The van der Waals surface area contributed by atoms with Gasteiger partial charge in [-0.2, -0.15) is 5.26 Å². The van der Waals surface area contributed by atoms with E-state index < -0.39 is 50.1 Å². The number of hydrogen-bond acceptors (Lipinski definition) is 10. The van der Waals surface area contributed by atoms with E-state index in [1.54, 1.807) is 12.2 Å². The van der Waals surface area contributed by atoms with Crippen LogP contribution in [0.2, 0.25) is 0 Å². The van der Waals surface area contributed by atoms with E-state index in [1.807, 2.05) is 68.4 Å². The van der Waals surface area contributed by atoms with Crippen LogP contribution >= 0.6 is 8.53 Å². The van der Waals surface area contributed by atoms with Crippen molar-refractivity contribution in [3.05, 3.63) is 145 Å². The number of aryl methyl sites for hydroxylation is 2. The molecular weight excluding hydrogens is 866 g/mol. The van der Waals surface area contributed by atoms with Gasteiger partial charge in [0.15, 0.2) is 6.29 Å². The van der Waals surface area contributed by atoms with E-state index >= 15 is 0 Å². The molecule has 3 aliphatic rings. The summed E-state index contributed by atoms with van der Waals surface area (Å²) in [6, 6.07) is 28.6. The van der Waals surface area contributed by atoms with Crippen LogP contribution in [0.15, 0.2) is 101 Å². The van der Waals surface area contributed by atoms with Gasteiger partial charge in [-0.15, -0.1) is 11.8 Å². The molecule has 67 heavy (non-hydrogen) atoms. The quantitative estimate of drug-likeness (QED) is 0.0379. The van der Waals surface area contributed by atoms with Crippen molar-refractivity contribution in [2.75, 3.05) is 19.8 Å². The Labute approximate surface area is 395 Å². The third-order valence-corrected chi connectivity index (χ3v) is 15.0. The predicted octanol–water partition coefficient (Wildman–Crippen LogP) is 9.64. The second-order valence-electron chi connectivity index (χ2n) is 18.2. The van der Waals surface area contributed by atoms with Crippen molar-refractivity contribution in [1.29, 1.82) is 5.26 Å². The molecule has 2 fully saturated rings. The van der Waals surface area contributed by atoms with Crippen LogP contribution in [0.1, 0.15) is 112 Å².